The topological polar surface area (TPSA) is 111 Å². The van der Waals surface area contributed by atoms with Gasteiger partial charge in [0.25, 0.3) is 17.7 Å². The van der Waals surface area contributed by atoms with Crippen molar-refractivity contribution in [2.75, 3.05) is 24.3 Å². The summed E-state index contributed by atoms with van der Waals surface area (Å²) in [6.07, 6.45) is 0. The van der Waals surface area contributed by atoms with E-state index in [0.29, 0.717) is 11.6 Å². The number of phenols is 1. The molecule has 0 spiro atoms. The minimum absolute atomic E-state index is 0.0863. The lowest BCUT2D eigenvalue weighted by Crippen LogP contribution is -2.41. The molecule has 3 aromatic rings. The van der Waals surface area contributed by atoms with Crippen LogP contribution < -0.4 is 21.1 Å². The Bertz CT molecular complexity index is 1210. The predicted molar refractivity (Wildman–Crippen MR) is 118 cm³/mol. The van der Waals surface area contributed by atoms with E-state index >= 15 is 0 Å². The third-order valence-corrected chi connectivity index (χ3v) is 4.54. The van der Waals surface area contributed by atoms with E-state index in [0.717, 1.165) is 23.9 Å². The normalized spacial score (nSPS) is 10.3. The Morgan fingerprint density at radius 3 is 2.09 bits per heavy atom. The molecule has 0 fully saturated rings. The zero-order valence-electron chi connectivity index (χ0n) is 17.6. The first kappa shape index (κ1) is 23.2. The first-order valence-corrected chi connectivity index (χ1v) is 9.62. The number of phenolic OH excluding ortho intramolecular Hbond substituents is 1. The zero-order chi connectivity index (χ0) is 24.1. The number of carbonyl (C=O) groups excluding carboxylic acids is 3. The van der Waals surface area contributed by atoms with Crippen LogP contribution in [-0.2, 0) is 0 Å². The molecule has 0 saturated carbocycles. The fraction of sp³-hybridized carbons (Fsp3) is 0.0870. The lowest BCUT2D eigenvalue weighted by molar-refractivity contribution is 0.0845. The van der Waals surface area contributed by atoms with E-state index in [2.05, 4.69) is 16.2 Å². The molecule has 0 aliphatic rings. The van der Waals surface area contributed by atoms with E-state index in [1.807, 2.05) is 25.1 Å². The summed E-state index contributed by atoms with van der Waals surface area (Å²) < 4.78 is 26.6. The van der Waals surface area contributed by atoms with Gasteiger partial charge in [0.2, 0.25) is 0 Å². The summed E-state index contributed by atoms with van der Waals surface area (Å²) in [5, 5.41) is 12.5. The molecule has 10 heteroatoms. The number of benzene rings is 3. The number of halogens is 2. The number of aromatic hydroxyl groups is 1. The Labute approximate surface area is 187 Å². The number of nitrogens with zero attached hydrogens (tertiary/aromatic N) is 1. The van der Waals surface area contributed by atoms with Gasteiger partial charge >= 0.3 is 0 Å². The lowest BCUT2D eigenvalue weighted by atomic mass is 10.1. The second kappa shape index (κ2) is 9.77. The third-order valence-electron chi connectivity index (χ3n) is 4.54. The molecule has 0 aliphatic carbocycles. The van der Waals surface area contributed by atoms with Crippen molar-refractivity contribution in [3.63, 3.8) is 0 Å². The van der Waals surface area contributed by atoms with Gasteiger partial charge in [-0.25, -0.2) is 8.78 Å². The van der Waals surface area contributed by atoms with Crippen molar-refractivity contribution in [1.29, 1.82) is 0 Å². The van der Waals surface area contributed by atoms with Crippen LogP contribution in [0.25, 0.3) is 0 Å². The quantitative estimate of drug-likeness (QED) is 0.443. The van der Waals surface area contributed by atoms with Crippen LogP contribution >= 0.6 is 0 Å². The number of amides is 3. The van der Waals surface area contributed by atoms with Gasteiger partial charge in [0.05, 0.1) is 5.56 Å². The van der Waals surface area contributed by atoms with Crippen LogP contribution in [0, 0.1) is 11.6 Å². The Kier molecular flexibility index (Phi) is 6.87. The van der Waals surface area contributed by atoms with E-state index in [1.165, 1.54) is 12.1 Å². The maximum absolute atomic E-state index is 13.3. The van der Waals surface area contributed by atoms with Crippen LogP contribution in [0.1, 0.15) is 31.1 Å². The van der Waals surface area contributed by atoms with Gasteiger partial charge in [-0.2, -0.15) is 0 Å². The SMILES string of the molecule is CN(C)c1cccc(C(=O)NNC(=O)c2ccc(NC(=O)c3cc(F)cc(F)c3)cc2O)c1. The van der Waals surface area contributed by atoms with Gasteiger partial charge < -0.3 is 15.3 Å². The molecule has 3 aromatic carbocycles. The van der Waals surface area contributed by atoms with E-state index in [9.17, 15) is 28.3 Å². The molecule has 3 rings (SSSR count). The maximum atomic E-state index is 13.3. The molecule has 0 bridgehead atoms. The van der Waals surface area contributed by atoms with Gasteiger partial charge in [-0.05, 0) is 42.5 Å². The van der Waals surface area contributed by atoms with Crippen molar-refractivity contribution in [2.24, 2.45) is 0 Å². The molecule has 0 aliphatic heterocycles. The van der Waals surface area contributed by atoms with Crippen molar-refractivity contribution in [1.82, 2.24) is 10.9 Å². The summed E-state index contributed by atoms with van der Waals surface area (Å²) in [6.45, 7) is 0. The largest absolute Gasteiger partial charge is 0.507 e. The van der Waals surface area contributed by atoms with Gasteiger partial charge in [-0.1, -0.05) is 6.07 Å². The average molecular weight is 454 g/mol. The van der Waals surface area contributed by atoms with Gasteiger partial charge in [0, 0.05) is 48.7 Å². The van der Waals surface area contributed by atoms with E-state index < -0.39 is 35.1 Å². The molecule has 0 aromatic heterocycles. The Morgan fingerprint density at radius 2 is 1.45 bits per heavy atom. The highest BCUT2D eigenvalue weighted by Crippen LogP contribution is 2.23. The van der Waals surface area contributed by atoms with Crippen LogP contribution in [-0.4, -0.2) is 36.9 Å². The second-order valence-electron chi connectivity index (χ2n) is 7.20. The Balaban J connectivity index is 1.64. The summed E-state index contributed by atoms with van der Waals surface area (Å²) in [5.41, 5.74) is 5.23. The Hall–Kier alpha value is -4.47. The fourth-order valence-corrected chi connectivity index (χ4v) is 2.87. The molecule has 4 N–H and O–H groups in total. The molecule has 8 nitrogen and oxygen atoms in total. The number of rotatable bonds is 5. The van der Waals surface area contributed by atoms with Crippen molar-refractivity contribution in [3.05, 3.63) is 89.0 Å². The van der Waals surface area contributed by atoms with Crippen LogP contribution in [0.5, 0.6) is 5.75 Å². The van der Waals surface area contributed by atoms with Crippen LogP contribution in [0.3, 0.4) is 0 Å². The molecule has 33 heavy (non-hydrogen) atoms. The van der Waals surface area contributed by atoms with Crippen molar-refractivity contribution < 1.29 is 28.3 Å². The minimum atomic E-state index is -0.912. The summed E-state index contributed by atoms with van der Waals surface area (Å²) in [5.74, 6) is -4.47. The standard InChI is InChI=1S/C23H20F2N4O4/c1-29(2)18-5-3-4-13(10-18)22(32)27-28-23(33)19-7-6-17(12-20(19)30)26-21(31)14-8-15(24)11-16(25)9-14/h3-12,30H,1-2H3,(H,26,31)(H,27,32)(H,28,33). The summed E-state index contributed by atoms with van der Waals surface area (Å²) >= 11 is 0. The minimum Gasteiger partial charge on any atom is -0.507 e. The molecule has 3 amide bonds. The van der Waals surface area contributed by atoms with E-state index in [-0.39, 0.29) is 16.8 Å². The molecule has 0 radical (unpaired) electrons. The summed E-state index contributed by atoms with van der Waals surface area (Å²) in [4.78, 5) is 38.6. The van der Waals surface area contributed by atoms with Crippen molar-refractivity contribution in [2.45, 2.75) is 0 Å². The van der Waals surface area contributed by atoms with Crippen molar-refractivity contribution >= 4 is 29.1 Å². The smallest absolute Gasteiger partial charge is 0.273 e. The van der Waals surface area contributed by atoms with Crippen molar-refractivity contribution in [3.8, 4) is 5.75 Å². The van der Waals surface area contributed by atoms with Gasteiger partial charge in [-0.15, -0.1) is 0 Å². The fourth-order valence-electron chi connectivity index (χ4n) is 2.87. The lowest BCUT2D eigenvalue weighted by Gasteiger charge is -2.14. The molecule has 0 heterocycles. The first-order valence-electron chi connectivity index (χ1n) is 9.62. The van der Waals surface area contributed by atoms with E-state index in [4.69, 9.17) is 0 Å². The third kappa shape index (κ3) is 5.82. The average Bonchev–Trinajstić information content (AvgIpc) is 2.76. The summed E-state index contributed by atoms with van der Waals surface area (Å²) in [7, 11) is 3.65. The van der Waals surface area contributed by atoms with E-state index in [1.54, 1.807) is 18.2 Å². The first-order chi connectivity index (χ1) is 15.6. The van der Waals surface area contributed by atoms with Crippen LogP contribution in [0.4, 0.5) is 20.2 Å². The molecule has 0 atom stereocenters. The number of nitrogens with one attached hydrogen (secondary N) is 3. The highest BCUT2D eigenvalue weighted by atomic mass is 19.1. The van der Waals surface area contributed by atoms with Gasteiger partial charge in [0.1, 0.15) is 17.4 Å². The number of hydrogen-bond donors (Lipinski definition) is 4. The highest BCUT2D eigenvalue weighted by molar-refractivity contribution is 6.05. The molecule has 0 unspecified atom stereocenters. The number of hydrazine groups is 1. The predicted octanol–water partition coefficient (Wildman–Crippen LogP) is 3.06. The zero-order valence-corrected chi connectivity index (χ0v) is 17.6. The monoisotopic (exact) mass is 454 g/mol. The van der Waals surface area contributed by atoms with Crippen LogP contribution in [0.2, 0.25) is 0 Å². The number of hydrogen-bond acceptors (Lipinski definition) is 5. The molecule has 0 saturated heterocycles. The molecular weight excluding hydrogens is 434 g/mol. The molecule has 170 valence electrons. The Morgan fingerprint density at radius 1 is 0.788 bits per heavy atom. The maximum Gasteiger partial charge on any atom is 0.273 e. The second-order valence-corrected chi connectivity index (χ2v) is 7.20. The van der Waals surface area contributed by atoms with Gasteiger partial charge in [-0.3, -0.25) is 25.2 Å². The van der Waals surface area contributed by atoms with Gasteiger partial charge in [0.15, 0.2) is 0 Å². The van der Waals surface area contributed by atoms with Crippen LogP contribution in [0.15, 0.2) is 60.7 Å². The number of carbonyl (C=O) groups is 3. The summed E-state index contributed by atoms with van der Waals surface area (Å²) in [6, 6.07) is 12.7. The number of anilines is 2. The molecular formula is C23H20F2N4O4. The highest BCUT2D eigenvalue weighted by Gasteiger charge is 2.15.